The molecule has 2 atom stereocenters. The maximum atomic E-state index is 12.4. The number of hydrogen-bond acceptors (Lipinski definition) is 1. The summed E-state index contributed by atoms with van der Waals surface area (Å²) in [6.07, 6.45) is 8.92. The van der Waals surface area contributed by atoms with Crippen molar-refractivity contribution in [3.05, 3.63) is 40.4 Å². The summed E-state index contributed by atoms with van der Waals surface area (Å²) in [6.45, 7) is 0. The standard InChI is InChI=1S/C16H17Cl2NO/c17-13-8-7-10(9-14(13)18)19-16(20)15-11-5-3-1-2-4-6-12(11)15/h1-2,7-9,11-12,15H,3-6H2,(H,19,20)/t11-,12-/m0/s1. The van der Waals surface area contributed by atoms with Crippen molar-refractivity contribution in [1.82, 2.24) is 0 Å². The maximum Gasteiger partial charge on any atom is 0.228 e. The number of allylic oxidation sites excluding steroid dienone is 2. The lowest BCUT2D eigenvalue weighted by Crippen LogP contribution is -2.15. The number of halogens is 2. The molecule has 3 rings (SSSR count). The second kappa shape index (κ2) is 5.79. The fraction of sp³-hybridized carbons (Fsp3) is 0.438. The average molecular weight is 310 g/mol. The highest BCUT2D eigenvalue weighted by molar-refractivity contribution is 6.42. The second-order valence-electron chi connectivity index (χ2n) is 5.60. The van der Waals surface area contributed by atoms with Crippen molar-refractivity contribution in [2.24, 2.45) is 17.8 Å². The Morgan fingerprint density at radius 1 is 1.05 bits per heavy atom. The van der Waals surface area contributed by atoms with E-state index in [1.54, 1.807) is 18.2 Å². The van der Waals surface area contributed by atoms with E-state index in [0.717, 1.165) is 31.4 Å². The summed E-state index contributed by atoms with van der Waals surface area (Å²) in [7, 11) is 0. The van der Waals surface area contributed by atoms with Gasteiger partial charge in [-0.1, -0.05) is 35.4 Å². The van der Waals surface area contributed by atoms with Crippen LogP contribution in [-0.2, 0) is 4.79 Å². The second-order valence-corrected chi connectivity index (χ2v) is 6.41. The number of fused-ring (bicyclic) bond motifs is 1. The molecule has 0 heterocycles. The molecular weight excluding hydrogens is 293 g/mol. The van der Waals surface area contributed by atoms with E-state index >= 15 is 0 Å². The predicted octanol–water partition coefficient (Wildman–Crippen LogP) is 4.92. The number of carbonyl (C=O) groups excluding carboxylic acids is 1. The molecule has 1 saturated carbocycles. The molecule has 4 heteroatoms. The molecule has 0 spiro atoms. The highest BCUT2D eigenvalue weighted by Gasteiger charge is 2.53. The van der Waals surface area contributed by atoms with Gasteiger partial charge in [0.25, 0.3) is 0 Å². The lowest BCUT2D eigenvalue weighted by atomic mass is 10.1. The van der Waals surface area contributed by atoms with Crippen molar-refractivity contribution in [2.45, 2.75) is 25.7 Å². The first-order chi connectivity index (χ1) is 9.66. The van der Waals surface area contributed by atoms with Crippen molar-refractivity contribution >= 4 is 34.8 Å². The molecule has 1 amide bonds. The molecule has 0 radical (unpaired) electrons. The summed E-state index contributed by atoms with van der Waals surface area (Å²) in [4.78, 5) is 12.4. The number of nitrogens with one attached hydrogen (secondary N) is 1. The fourth-order valence-corrected chi connectivity index (χ4v) is 3.53. The van der Waals surface area contributed by atoms with E-state index in [0.29, 0.717) is 21.9 Å². The lowest BCUT2D eigenvalue weighted by molar-refractivity contribution is -0.117. The Kier molecular flexibility index (Phi) is 4.04. The smallest absolute Gasteiger partial charge is 0.228 e. The number of carbonyl (C=O) groups is 1. The van der Waals surface area contributed by atoms with Gasteiger partial charge in [0.1, 0.15) is 0 Å². The molecule has 106 valence electrons. The average Bonchev–Trinajstić information content (AvgIpc) is 3.05. The van der Waals surface area contributed by atoms with Gasteiger partial charge in [-0.15, -0.1) is 0 Å². The van der Waals surface area contributed by atoms with E-state index in [1.165, 1.54) is 0 Å². The van der Waals surface area contributed by atoms with Gasteiger partial charge < -0.3 is 5.32 Å². The minimum Gasteiger partial charge on any atom is -0.326 e. The molecule has 2 aliphatic carbocycles. The monoisotopic (exact) mass is 309 g/mol. The SMILES string of the molecule is O=C(Nc1ccc(Cl)c(Cl)c1)C1[C@H]2CCC=CCC[C@H]12. The Hall–Kier alpha value is -0.990. The summed E-state index contributed by atoms with van der Waals surface area (Å²) in [5.41, 5.74) is 0.724. The third-order valence-corrected chi connectivity index (χ3v) is 5.06. The number of amides is 1. The molecule has 1 aromatic carbocycles. The van der Waals surface area contributed by atoms with Crippen LogP contribution in [0.4, 0.5) is 5.69 Å². The quantitative estimate of drug-likeness (QED) is 0.771. The number of benzene rings is 1. The van der Waals surface area contributed by atoms with E-state index < -0.39 is 0 Å². The van der Waals surface area contributed by atoms with Gasteiger partial charge in [0.2, 0.25) is 5.91 Å². The van der Waals surface area contributed by atoms with Crippen LogP contribution in [0.15, 0.2) is 30.4 Å². The normalized spacial score (nSPS) is 28.2. The third-order valence-electron chi connectivity index (χ3n) is 4.32. The number of hydrogen-bond donors (Lipinski definition) is 1. The molecule has 20 heavy (non-hydrogen) atoms. The van der Waals surface area contributed by atoms with Gasteiger partial charge in [-0.05, 0) is 55.7 Å². The minimum atomic E-state index is 0.125. The van der Waals surface area contributed by atoms with Gasteiger partial charge in [-0.2, -0.15) is 0 Å². The number of anilines is 1. The van der Waals surface area contributed by atoms with Crippen LogP contribution < -0.4 is 5.32 Å². The van der Waals surface area contributed by atoms with E-state index in [-0.39, 0.29) is 11.8 Å². The zero-order chi connectivity index (χ0) is 14.1. The Labute approximate surface area is 129 Å². The van der Waals surface area contributed by atoms with Crippen LogP contribution >= 0.6 is 23.2 Å². The summed E-state index contributed by atoms with van der Waals surface area (Å²) >= 11 is 11.8. The van der Waals surface area contributed by atoms with Gasteiger partial charge in [-0.25, -0.2) is 0 Å². The summed E-state index contributed by atoms with van der Waals surface area (Å²) in [5, 5.41) is 3.94. The van der Waals surface area contributed by atoms with Crippen LogP contribution in [-0.4, -0.2) is 5.91 Å². The summed E-state index contributed by atoms with van der Waals surface area (Å²) in [5.74, 6) is 1.41. The topological polar surface area (TPSA) is 29.1 Å². The first-order valence-electron chi connectivity index (χ1n) is 7.08. The molecule has 0 aliphatic heterocycles. The molecule has 0 aromatic heterocycles. The molecule has 1 aromatic rings. The lowest BCUT2D eigenvalue weighted by Gasteiger charge is -2.06. The van der Waals surface area contributed by atoms with Crippen molar-refractivity contribution in [3.8, 4) is 0 Å². The zero-order valence-electron chi connectivity index (χ0n) is 11.1. The number of rotatable bonds is 2. The van der Waals surface area contributed by atoms with E-state index in [1.807, 2.05) is 0 Å². The van der Waals surface area contributed by atoms with Gasteiger partial charge in [0.15, 0.2) is 0 Å². The van der Waals surface area contributed by atoms with E-state index in [2.05, 4.69) is 17.5 Å². The molecule has 0 bridgehead atoms. The molecule has 0 saturated heterocycles. The molecule has 2 aliphatic rings. The Bertz CT molecular complexity index is 539. The Morgan fingerprint density at radius 2 is 1.70 bits per heavy atom. The van der Waals surface area contributed by atoms with Crippen LogP contribution in [0.25, 0.3) is 0 Å². The fourth-order valence-electron chi connectivity index (χ4n) is 3.23. The van der Waals surface area contributed by atoms with Crippen LogP contribution in [0.5, 0.6) is 0 Å². The van der Waals surface area contributed by atoms with Crippen LogP contribution in [0.2, 0.25) is 10.0 Å². The van der Waals surface area contributed by atoms with Gasteiger partial charge in [0.05, 0.1) is 10.0 Å². The van der Waals surface area contributed by atoms with Crippen molar-refractivity contribution in [2.75, 3.05) is 5.32 Å². The third kappa shape index (κ3) is 2.87. The van der Waals surface area contributed by atoms with Crippen LogP contribution in [0, 0.1) is 17.8 Å². The zero-order valence-corrected chi connectivity index (χ0v) is 12.6. The largest absolute Gasteiger partial charge is 0.326 e. The summed E-state index contributed by atoms with van der Waals surface area (Å²) < 4.78 is 0. The maximum absolute atomic E-state index is 12.4. The van der Waals surface area contributed by atoms with Gasteiger partial charge in [0, 0.05) is 11.6 Å². The minimum absolute atomic E-state index is 0.125. The van der Waals surface area contributed by atoms with Crippen LogP contribution in [0.3, 0.4) is 0 Å². The van der Waals surface area contributed by atoms with Gasteiger partial charge >= 0.3 is 0 Å². The van der Waals surface area contributed by atoms with Crippen LogP contribution in [0.1, 0.15) is 25.7 Å². The Balaban J connectivity index is 1.64. The van der Waals surface area contributed by atoms with Gasteiger partial charge in [-0.3, -0.25) is 4.79 Å². The first-order valence-corrected chi connectivity index (χ1v) is 7.83. The molecule has 0 unspecified atom stereocenters. The first kappa shape index (κ1) is 14.0. The molecular formula is C16H17Cl2NO. The molecule has 1 fully saturated rings. The predicted molar refractivity (Wildman–Crippen MR) is 83.2 cm³/mol. The summed E-state index contributed by atoms with van der Waals surface area (Å²) in [6, 6.07) is 5.20. The van der Waals surface area contributed by atoms with Crippen molar-refractivity contribution < 1.29 is 4.79 Å². The van der Waals surface area contributed by atoms with Crippen molar-refractivity contribution in [1.29, 1.82) is 0 Å². The molecule has 1 N–H and O–H groups in total. The van der Waals surface area contributed by atoms with E-state index in [9.17, 15) is 4.79 Å². The molecule has 2 nitrogen and oxygen atoms in total. The highest BCUT2D eigenvalue weighted by Crippen LogP contribution is 2.53. The highest BCUT2D eigenvalue weighted by atomic mass is 35.5. The van der Waals surface area contributed by atoms with Crippen molar-refractivity contribution in [3.63, 3.8) is 0 Å². The van der Waals surface area contributed by atoms with E-state index in [4.69, 9.17) is 23.2 Å². The Morgan fingerprint density at radius 3 is 2.30 bits per heavy atom.